The summed E-state index contributed by atoms with van der Waals surface area (Å²) in [6.07, 6.45) is 1.82. The van der Waals surface area contributed by atoms with E-state index in [0.717, 1.165) is 50.0 Å². The number of hydrogen-bond acceptors (Lipinski definition) is 3. The van der Waals surface area contributed by atoms with Gasteiger partial charge in [-0.2, -0.15) is 0 Å². The van der Waals surface area contributed by atoms with Crippen LogP contribution >= 0.6 is 0 Å². The summed E-state index contributed by atoms with van der Waals surface area (Å²) in [4.78, 5) is 9.99. The zero-order valence-electron chi connectivity index (χ0n) is 23.5. The second kappa shape index (κ2) is 9.70. The second-order valence-corrected chi connectivity index (χ2v) is 11.2. The summed E-state index contributed by atoms with van der Waals surface area (Å²) in [5, 5.41) is 0.933. The van der Waals surface area contributed by atoms with E-state index >= 15 is 0 Å². The van der Waals surface area contributed by atoms with Crippen LogP contribution in [-0.4, -0.2) is 14.5 Å². The summed E-state index contributed by atoms with van der Waals surface area (Å²) in [5.41, 5.74) is 10.6. The number of para-hydroxylation sites is 4. The van der Waals surface area contributed by atoms with Crippen molar-refractivity contribution >= 4 is 33.1 Å². The van der Waals surface area contributed by atoms with Gasteiger partial charge in [0.05, 0.1) is 22.3 Å². The Morgan fingerprint density at radius 3 is 2.20 bits per heavy atom. The van der Waals surface area contributed by atoms with Crippen LogP contribution < -0.4 is 0 Å². The molecule has 0 fully saturated rings. The van der Waals surface area contributed by atoms with Crippen molar-refractivity contribution in [3.05, 3.63) is 114 Å². The number of rotatable bonds is 5. The molecule has 7 rings (SSSR count). The molecule has 7 aromatic rings. The van der Waals surface area contributed by atoms with Crippen LogP contribution in [0.15, 0.2) is 102 Å². The fourth-order valence-electron chi connectivity index (χ4n) is 5.85. The fourth-order valence-corrected chi connectivity index (χ4v) is 5.85. The van der Waals surface area contributed by atoms with E-state index < -0.39 is 0 Å². The highest BCUT2D eigenvalue weighted by atomic mass is 19.1. The van der Waals surface area contributed by atoms with Crippen LogP contribution in [0.3, 0.4) is 0 Å². The molecule has 4 aromatic carbocycles. The van der Waals surface area contributed by atoms with Crippen molar-refractivity contribution in [2.75, 3.05) is 0 Å². The molecule has 3 heterocycles. The molecule has 0 aliphatic rings. The predicted octanol–water partition coefficient (Wildman–Crippen LogP) is 10.0. The number of nitrogens with zero attached hydrogens (tertiary/aromatic N) is 3. The minimum absolute atomic E-state index is 0.265. The minimum atomic E-state index is -0.265. The van der Waals surface area contributed by atoms with Crippen molar-refractivity contribution in [1.82, 2.24) is 14.5 Å². The molecule has 4 nitrogen and oxygen atoms in total. The van der Waals surface area contributed by atoms with Crippen LogP contribution in [0, 0.1) is 5.82 Å². The van der Waals surface area contributed by atoms with Crippen molar-refractivity contribution in [2.24, 2.45) is 0 Å². The number of furan rings is 1. The lowest BCUT2D eigenvalue weighted by Crippen LogP contribution is -2.08. The molecular weight excluding hydrogens is 509 g/mol. The highest BCUT2D eigenvalue weighted by Gasteiger charge is 2.24. The third kappa shape index (κ3) is 4.12. The molecule has 41 heavy (non-hydrogen) atoms. The van der Waals surface area contributed by atoms with E-state index in [4.69, 9.17) is 14.4 Å². The molecule has 5 heteroatoms. The molecule has 0 aliphatic carbocycles. The molecule has 0 N–H and O–H groups in total. The van der Waals surface area contributed by atoms with Crippen molar-refractivity contribution in [3.8, 4) is 28.2 Å². The maximum absolute atomic E-state index is 13.5. The van der Waals surface area contributed by atoms with Gasteiger partial charge in [-0.3, -0.25) is 9.55 Å². The molecule has 0 aliphatic heterocycles. The van der Waals surface area contributed by atoms with E-state index in [1.165, 1.54) is 28.9 Å². The van der Waals surface area contributed by atoms with Gasteiger partial charge in [0.25, 0.3) is 0 Å². The van der Waals surface area contributed by atoms with Crippen LogP contribution in [0.1, 0.15) is 50.7 Å². The number of halogens is 1. The van der Waals surface area contributed by atoms with Crippen LogP contribution in [0.25, 0.3) is 61.3 Å². The maximum atomic E-state index is 13.5. The lowest BCUT2D eigenvalue weighted by Gasteiger charge is -2.22. The largest absolute Gasteiger partial charge is 0.454 e. The SMILES string of the molecule is CC(C)c1cccc(C(C)C)c1-n1c(-c2cccc3c2oc2cc(-c4ccc(F)cc4)cnc23)nc2ccccc21. The Kier molecular flexibility index (Phi) is 5.97. The Labute approximate surface area is 238 Å². The van der Waals surface area contributed by atoms with Crippen molar-refractivity contribution < 1.29 is 8.81 Å². The first-order valence-corrected chi connectivity index (χ1v) is 14.1. The third-order valence-corrected chi connectivity index (χ3v) is 7.88. The standard InChI is InChI=1S/C36H30FN3O/c1-21(2)26-9-7-10-27(22(3)4)34(26)40-31-14-6-5-13-30(31)39-36(40)29-12-8-11-28-33-32(41-35(28)29)19-24(20-38-33)23-15-17-25(37)18-16-23/h5-22H,1-4H3. The molecular formula is C36H30FN3O. The van der Waals surface area contributed by atoms with E-state index in [2.05, 4.69) is 74.7 Å². The first-order chi connectivity index (χ1) is 19.9. The zero-order valence-corrected chi connectivity index (χ0v) is 23.5. The molecule has 0 unspecified atom stereocenters. The average molecular weight is 540 g/mol. The van der Waals surface area contributed by atoms with Gasteiger partial charge in [0, 0.05) is 17.1 Å². The number of imidazole rings is 1. The molecule has 202 valence electrons. The topological polar surface area (TPSA) is 43.9 Å². The Hall–Kier alpha value is -4.77. The van der Waals surface area contributed by atoms with Gasteiger partial charge in [-0.15, -0.1) is 0 Å². The number of aromatic nitrogens is 3. The summed E-state index contributed by atoms with van der Waals surface area (Å²) < 4.78 is 22.4. The highest BCUT2D eigenvalue weighted by Crippen LogP contribution is 2.41. The summed E-state index contributed by atoms with van der Waals surface area (Å²) >= 11 is 0. The van der Waals surface area contributed by atoms with E-state index in [1.54, 1.807) is 12.1 Å². The van der Waals surface area contributed by atoms with E-state index in [1.807, 2.05) is 30.5 Å². The van der Waals surface area contributed by atoms with Gasteiger partial charge >= 0.3 is 0 Å². The number of hydrogen-bond donors (Lipinski definition) is 0. The molecule has 0 spiro atoms. The molecule has 0 amide bonds. The predicted molar refractivity (Wildman–Crippen MR) is 165 cm³/mol. The molecule has 0 radical (unpaired) electrons. The molecule has 0 saturated heterocycles. The Bertz CT molecular complexity index is 2040. The second-order valence-electron chi connectivity index (χ2n) is 11.2. The van der Waals surface area contributed by atoms with E-state index in [0.29, 0.717) is 17.4 Å². The van der Waals surface area contributed by atoms with E-state index in [-0.39, 0.29) is 5.82 Å². The lowest BCUT2D eigenvalue weighted by molar-refractivity contribution is 0.628. The molecule has 3 aromatic heterocycles. The monoisotopic (exact) mass is 539 g/mol. The van der Waals surface area contributed by atoms with Crippen molar-refractivity contribution in [2.45, 2.75) is 39.5 Å². The summed E-state index contributed by atoms with van der Waals surface area (Å²) in [6.45, 7) is 8.97. The first kappa shape index (κ1) is 25.2. The van der Waals surface area contributed by atoms with Crippen LogP contribution in [0.5, 0.6) is 0 Å². The Morgan fingerprint density at radius 1 is 0.756 bits per heavy atom. The van der Waals surface area contributed by atoms with Gasteiger partial charge < -0.3 is 4.42 Å². The van der Waals surface area contributed by atoms with E-state index in [9.17, 15) is 4.39 Å². The van der Waals surface area contributed by atoms with Crippen LogP contribution in [0.2, 0.25) is 0 Å². The quantitative estimate of drug-likeness (QED) is 0.219. The summed E-state index contributed by atoms with van der Waals surface area (Å²) in [7, 11) is 0. The van der Waals surface area contributed by atoms with Crippen LogP contribution in [-0.2, 0) is 0 Å². The smallest absolute Gasteiger partial charge is 0.154 e. The zero-order chi connectivity index (χ0) is 28.2. The molecule has 0 saturated carbocycles. The van der Waals surface area contributed by atoms with Gasteiger partial charge in [-0.25, -0.2) is 9.37 Å². The van der Waals surface area contributed by atoms with Crippen molar-refractivity contribution in [3.63, 3.8) is 0 Å². The van der Waals surface area contributed by atoms with Gasteiger partial charge in [0.2, 0.25) is 0 Å². The van der Waals surface area contributed by atoms with Crippen LogP contribution in [0.4, 0.5) is 4.39 Å². The molecule has 0 atom stereocenters. The Balaban J connectivity index is 1.52. The first-order valence-electron chi connectivity index (χ1n) is 14.1. The van der Waals surface area contributed by atoms with Gasteiger partial charge in [0.15, 0.2) is 5.58 Å². The summed E-state index contributed by atoms with van der Waals surface area (Å²) in [5.74, 6) is 1.23. The maximum Gasteiger partial charge on any atom is 0.154 e. The average Bonchev–Trinajstić information content (AvgIpc) is 3.55. The number of benzene rings is 4. The lowest BCUT2D eigenvalue weighted by atomic mass is 9.92. The van der Waals surface area contributed by atoms with Gasteiger partial charge in [0.1, 0.15) is 22.7 Å². The van der Waals surface area contributed by atoms with Gasteiger partial charge in [-0.1, -0.05) is 76.2 Å². The summed E-state index contributed by atoms with van der Waals surface area (Å²) in [6, 6.07) is 29.5. The third-order valence-electron chi connectivity index (χ3n) is 7.88. The number of pyridine rings is 1. The van der Waals surface area contributed by atoms with Gasteiger partial charge in [-0.05, 0) is 71.0 Å². The highest BCUT2D eigenvalue weighted by molar-refractivity contribution is 6.08. The van der Waals surface area contributed by atoms with Crippen molar-refractivity contribution in [1.29, 1.82) is 0 Å². The molecule has 0 bridgehead atoms. The Morgan fingerprint density at radius 2 is 1.46 bits per heavy atom. The number of fused-ring (bicyclic) bond motifs is 4. The normalized spacial score (nSPS) is 12.0. The fraction of sp³-hybridized carbons (Fsp3) is 0.167. The minimum Gasteiger partial charge on any atom is -0.454 e.